The van der Waals surface area contributed by atoms with Gasteiger partial charge in [-0.05, 0) is 65.1 Å². The molecule has 0 aliphatic carbocycles. The molecule has 1 atom stereocenters. The molecule has 7 aromatic rings. The molecule has 46 heavy (non-hydrogen) atoms. The molecule has 3 aromatic carbocycles. The third-order valence-corrected chi connectivity index (χ3v) is 8.51. The summed E-state index contributed by atoms with van der Waals surface area (Å²) in [7, 11) is 1.67. The van der Waals surface area contributed by atoms with Gasteiger partial charge >= 0.3 is 0 Å². The van der Waals surface area contributed by atoms with E-state index in [-0.39, 0.29) is 12.3 Å². The van der Waals surface area contributed by atoms with Crippen LogP contribution in [-0.2, 0) is 37.0 Å². The van der Waals surface area contributed by atoms with E-state index in [2.05, 4.69) is 73.5 Å². The van der Waals surface area contributed by atoms with Crippen molar-refractivity contribution in [3.8, 4) is 5.75 Å². The molecule has 4 heterocycles. The molecule has 230 valence electrons. The number of benzene rings is 3. The van der Waals surface area contributed by atoms with E-state index < -0.39 is 6.04 Å². The molecule has 9 heteroatoms. The average Bonchev–Trinajstić information content (AvgIpc) is 3.81. The molecule has 0 radical (unpaired) electrons. The maximum atomic E-state index is 13.5. The lowest BCUT2D eigenvalue weighted by atomic mass is 10.0. The van der Waals surface area contributed by atoms with Gasteiger partial charge in [0.2, 0.25) is 5.91 Å². The maximum Gasteiger partial charge on any atom is 0.225 e. The number of ether oxygens (including phenoxy) is 1. The van der Waals surface area contributed by atoms with E-state index in [1.165, 1.54) is 10.9 Å². The Labute approximate surface area is 266 Å². The molecular weight excluding hydrogens is 574 g/mol. The largest absolute Gasteiger partial charge is 0.497 e. The average molecular weight is 610 g/mol. The number of carbonyl (C=O) groups excluding carboxylic acids is 1. The lowest BCUT2D eigenvalue weighted by Crippen LogP contribution is -2.33. The summed E-state index contributed by atoms with van der Waals surface area (Å²) in [5.41, 5.74) is 6.50. The second-order valence-electron chi connectivity index (χ2n) is 11.5. The number of methoxy groups -OCH3 is 1. The number of rotatable bonds is 12. The Kier molecular flexibility index (Phi) is 8.28. The van der Waals surface area contributed by atoms with Gasteiger partial charge in [-0.2, -0.15) is 0 Å². The van der Waals surface area contributed by atoms with E-state index in [9.17, 15) is 4.79 Å². The Morgan fingerprint density at radius 3 is 2.20 bits per heavy atom. The number of para-hydroxylation sites is 2. The first-order valence-corrected chi connectivity index (χ1v) is 15.5. The topological polar surface area (TPSA) is 114 Å². The number of fused-ring (bicyclic) bond motifs is 2. The number of H-pyrrole nitrogens is 2. The number of hydrogen-bond donors (Lipinski definition) is 3. The molecule has 0 fully saturated rings. The standard InChI is InChI=1S/C37H35N7O2/c1-46-29-13-10-26(11-14-29)24-44-35(15-12-27-22-39-32-8-4-2-6-30(27)32)42-43-37(44)34(41-36(45)20-25-16-18-38-19-17-25)21-28-23-40-33-9-5-3-7-31(28)33/h2-11,13-14,16-19,22-23,34,39-40H,12,15,20-21,24H2,1H3,(H,41,45)/t34-/m1/s1. The predicted octanol–water partition coefficient (Wildman–Crippen LogP) is 6.12. The highest BCUT2D eigenvalue weighted by molar-refractivity contribution is 5.84. The van der Waals surface area contributed by atoms with E-state index in [0.29, 0.717) is 19.4 Å². The minimum absolute atomic E-state index is 0.0876. The zero-order valence-corrected chi connectivity index (χ0v) is 25.6. The quantitative estimate of drug-likeness (QED) is 0.155. The first-order valence-electron chi connectivity index (χ1n) is 15.5. The number of nitrogens with zero attached hydrogens (tertiary/aromatic N) is 4. The Bertz CT molecular complexity index is 2080. The number of amides is 1. The van der Waals surface area contributed by atoms with Crippen molar-refractivity contribution in [1.29, 1.82) is 0 Å². The molecule has 7 rings (SSSR count). The number of pyridine rings is 1. The molecule has 1 amide bonds. The van der Waals surface area contributed by atoms with Crippen molar-refractivity contribution in [3.05, 3.63) is 144 Å². The van der Waals surface area contributed by atoms with Crippen molar-refractivity contribution in [3.63, 3.8) is 0 Å². The van der Waals surface area contributed by atoms with Crippen molar-refractivity contribution in [2.24, 2.45) is 0 Å². The van der Waals surface area contributed by atoms with Crippen LogP contribution in [0.3, 0.4) is 0 Å². The van der Waals surface area contributed by atoms with E-state index in [1.807, 2.05) is 48.7 Å². The lowest BCUT2D eigenvalue weighted by molar-refractivity contribution is -0.121. The Morgan fingerprint density at radius 1 is 0.804 bits per heavy atom. The minimum Gasteiger partial charge on any atom is -0.497 e. The minimum atomic E-state index is -0.416. The molecule has 0 bridgehead atoms. The first-order chi connectivity index (χ1) is 22.6. The molecule has 0 aliphatic heterocycles. The van der Waals surface area contributed by atoms with Gasteiger partial charge in [0.25, 0.3) is 0 Å². The normalized spacial score (nSPS) is 12.0. The molecule has 0 unspecified atom stereocenters. The van der Waals surface area contributed by atoms with Crippen molar-refractivity contribution in [1.82, 2.24) is 35.0 Å². The van der Waals surface area contributed by atoms with Gasteiger partial charge in [-0.15, -0.1) is 10.2 Å². The molecule has 0 spiro atoms. The fourth-order valence-corrected chi connectivity index (χ4v) is 6.12. The van der Waals surface area contributed by atoms with Crippen LogP contribution in [0, 0.1) is 0 Å². The van der Waals surface area contributed by atoms with Crippen LogP contribution < -0.4 is 10.1 Å². The highest BCUT2D eigenvalue weighted by atomic mass is 16.5. The zero-order chi connectivity index (χ0) is 31.3. The molecule has 3 N–H and O–H groups in total. The van der Waals surface area contributed by atoms with Crippen molar-refractivity contribution in [2.75, 3.05) is 7.11 Å². The predicted molar refractivity (Wildman–Crippen MR) is 179 cm³/mol. The van der Waals surface area contributed by atoms with Gasteiger partial charge in [-0.3, -0.25) is 9.78 Å². The summed E-state index contributed by atoms with van der Waals surface area (Å²) >= 11 is 0. The van der Waals surface area contributed by atoms with Gasteiger partial charge in [0.05, 0.1) is 26.1 Å². The van der Waals surface area contributed by atoms with Gasteiger partial charge in [-0.1, -0.05) is 48.5 Å². The van der Waals surface area contributed by atoms with E-state index >= 15 is 0 Å². The Hall–Kier alpha value is -5.70. The molecule has 0 saturated heterocycles. The molecular formula is C37H35N7O2. The SMILES string of the molecule is COc1ccc(Cn2c(CCc3c[nH]c4ccccc34)nnc2[C@@H](Cc2c[nH]c3ccccc23)NC(=O)Cc2ccncc2)cc1. The van der Waals surface area contributed by atoms with Gasteiger partial charge < -0.3 is 24.6 Å². The van der Waals surface area contributed by atoms with Crippen LogP contribution in [0.4, 0.5) is 0 Å². The van der Waals surface area contributed by atoms with Gasteiger partial charge in [0, 0.05) is 59.4 Å². The summed E-state index contributed by atoms with van der Waals surface area (Å²) < 4.78 is 7.57. The van der Waals surface area contributed by atoms with Gasteiger partial charge in [-0.25, -0.2) is 0 Å². The Balaban J connectivity index is 1.25. The van der Waals surface area contributed by atoms with Crippen LogP contribution in [0.2, 0.25) is 0 Å². The summed E-state index contributed by atoms with van der Waals surface area (Å²) in [5.74, 6) is 2.30. The summed E-state index contributed by atoms with van der Waals surface area (Å²) in [6.45, 7) is 0.556. The second kappa shape index (κ2) is 13.1. The molecule has 4 aromatic heterocycles. The monoisotopic (exact) mass is 609 g/mol. The van der Waals surface area contributed by atoms with Crippen LogP contribution in [0.15, 0.2) is 110 Å². The van der Waals surface area contributed by atoms with Crippen LogP contribution in [-0.4, -0.2) is 42.7 Å². The Morgan fingerprint density at radius 2 is 1.48 bits per heavy atom. The third-order valence-electron chi connectivity index (χ3n) is 8.51. The van der Waals surface area contributed by atoms with E-state index in [0.717, 1.165) is 56.9 Å². The number of carbonyl (C=O) groups is 1. The molecule has 0 aliphatic rings. The smallest absolute Gasteiger partial charge is 0.225 e. The second-order valence-corrected chi connectivity index (χ2v) is 11.5. The molecule has 0 saturated carbocycles. The zero-order valence-electron chi connectivity index (χ0n) is 25.6. The van der Waals surface area contributed by atoms with Gasteiger partial charge in [0.15, 0.2) is 5.82 Å². The van der Waals surface area contributed by atoms with Crippen molar-refractivity contribution in [2.45, 2.75) is 38.3 Å². The van der Waals surface area contributed by atoms with Crippen LogP contribution in [0.25, 0.3) is 21.8 Å². The van der Waals surface area contributed by atoms with E-state index in [1.54, 1.807) is 19.5 Å². The number of hydrogen-bond acceptors (Lipinski definition) is 5. The highest BCUT2D eigenvalue weighted by Gasteiger charge is 2.25. The van der Waals surface area contributed by atoms with Gasteiger partial charge in [0.1, 0.15) is 11.6 Å². The molecule has 9 nitrogen and oxygen atoms in total. The number of aromatic amines is 2. The fourth-order valence-electron chi connectivity index (χ4n) is 6.12. The third kappa shape index (κ3) is 6.25. The van der Waals surface area contributed by atoms with E-state index in [4.69, 9.17) is 14.9 Å². The van der Waals surface area contributed by atoms with Crippen LogP contribution in [0.5, 0.6) is 5.75 Å². The number of nitrogens with one attached hydrogen (secondary N) is 3. The number of aromatic nitrogens is 6. The van der Waals surface area contributed by atoms with Crippen LogP contribution >= 0.6 is 0 Å². The van der Waals surface area contributed by atoms with Crippen molar-refractivity contribution >= 4 is 27.7 Å². The lowest BCUT2D eigenvalue weighted by Gasteiger charge is -2.20. The summed E-state index contributed by atoms with van der Waals surface area (Å²) in [6.07, 6.45) is 9.79. The fraction of sp³-hybridized carbons (Fsp3) is 0.189. The van der Waals surface area contributed by atoms with Crippen LogP contribution in [0.1, 0.15) is 39.9 Å². The summed E-state index contributed by atoms with van der Waals surface area (Å²) in [6, 6.07) is 27.9. The highest BCUT2D eigenvalue weighted by Crippen LogP contribution is 2.27. The first kappa shape index (κ1) is 29.0. The summed E-state index contributed by atoms with van der Waals surface area (Å²) in [5, 5.41) is 15.2. The number of aryl methyl sites for hydroxylation is 2. The summed E-state index contributed by atoms with van der Waals surface area (Å²) in [4.78, 5) is 24.4. The maximum absolute atomic E-state index is 13.5. The van der Waals surface area contributed by atoms with Crippen molar-refractivity contribution < 1.29 is 9.53 Å².